The van der Waals surface area contributed by atoms with Gasteiger partial charge in [-0.05, 0) is 18.9 Å². The van der Waals surface area contributed by atoms with Crippen LogP contribution in [0.5, 0.6) is 0 Å². The third kappa shape index (κ3) is 2.67. The van der Waals surface area contributed by atoms with Crippen LogP contribution in [0.15, 0.2) is 29.2 Å². The first-order valence-electron chi connectivity index (χ1n) is 5.84. The zero-order chi connectivity index (χ0) is 12.3. The van der Waals surface area contributed by atoms with Crippen molar-refractivity contribution in [2.45, 2.75) is 12.8 Å². The molecule has 17 heavy (non-hydrogen) atoms. The largest absolute Gasteiger partial charge is 0.471 e. The number of rotatable bonds is 1. The monoisotopic (exact) mass is 236 g/mol. The fourth-order valence-electron chi connectivity index (χ4n) is 1.91. The van der Waals surface area contributed by atoms with Crippen molar-refractivity contribution < 1.29 is 9.41 Å². The summed E-state index contributed by atoms with van der Waals surface area (Å²) in [5.41, 5.74) is -0.161. The maximum absolute atomic E-state index is 11.6. The molecule has 1 fully saturated rings. The average molecular weight is 236 g/mol. The highest BCUT2D eigenvalue weighted by Crippen LogP contribution is 2.07. The van der Waals surface area contributed by atoms with E-state index in [4.69, 9.17) is 4.84 Å². The van der Waals surface area contributed by atoms with Crippen LogP contribution < -0.4 is 10.4 Å². The van der Waals surface area contributed by atoms with Crippen molar-refractivity contribution in [1.29, 1.82) is 0 Å². The Morgan fingerprint density at radius 3 is 2.59 bits per heavy atom. The molecule has 1 saturated heterocycles. The van der Waals surface area contributed by atoms with Gasteiger partial charge < -0.3 is 0 Å². The number of hydrogen-bond donors (Lipinski definition) is 0. The van der Waals surface area contributed by atoms with Gasteiger partial charge in [0.25, 0.3) is 5.56 Å². The molecule has 2 heterocycles. The van der Waals surface area contributed by atoms with Gasteiger partial charge in [0.15, 0.2) is 0 Å². The Balaban J connectivity index is 2.23. The van der Waals surface area contributed by atoms with Crippen LogP contribution in [-0.4, -0.2) is 47.4 Å². The second-order valence-corrected chi connectivity index (χ2v) is 4.33. The molecule has 0 atom stereocenters. The molecule has 92 valence electrons. The lowest BCUT2D eigenvalue weighted by Crippen LogP contribution is -2.44. The van der Waals surface area contributed by atoms with Crippen LogP contribution >= 0.6 is 0 Å². The van der Waals surface area contributed by atoms with Crippen LogP contribution in [0, 0.1) is 0 Å². The van der Waals surface area contributed by atoms with Crippen LogP contribution in [0.2, 0.25) is 0 Å². The van der Waals surface area contributed by atoms with Crippen molar-refractivity contribution in [1.82, 2.24) is 9.63 Å². The quantitative estimate of drug-likeness (QED) is 0.391. The number of likely N-dealkylation sites (tertiary alicyclic amines) is 1. The summed E-state index contributed by atoms with van der Waals surface area (Å²) in [4.78, 5) is 19.4. The lowest BCUT2D eigenvalue weighted by molar-refractivity contribution is -0.481. The van der Waals surface area contributed by atoms with E-state index in [1.165, 1.54) is 23.6 Å². The molecule has 0 unspecified atom stereocenters. The summed E-state index contributed by atoms with van der Waals surface area (Å²) in [6.07, 6.45) is 3.97. The fourth-order valence-corrected chi connectivity index (χ4v) is 1.91. The van der Waals surface area contributed by atoms with Crippen LogP contribution in [0.4, 0.5) is 0 Å². The van der Waals surface area contributed by atoms with Gasteiger partial charge in [-0.2, -0.15) is 0 Å². The van der Waals surface area contributed by atoms with E-state index in [1.807, 2.05) is 18.7 Å². The summed E-state index contributed by atoms with van der Waals surface area (Å²) in [5.74, 6) is 0. The fraction of sp³-hybridized carbons (Fsp3) is 0.500. The summed E-state index contributed by atoms with van der Waals surface area (Å²) in [6.45, 7) is 1.96. The lowest BCUT2D eigenvalue weighted by atomic mass is 10.4. The number of hydrogen-bond acceptors (Lipinski definition) is 2. The number of amidine groups is 1. The van der Waals surface area contributed by atoms with Gasteiger partial charge in [-0.15, -0.1) is 4.73 Å². The Morgan fingerprint density at radius 1 is 1.29 bits per heavy atom. The predicted octanol–water partition coefficient (Wildman–Crippen LogP) is 0.000800. The number of nitrogens with zero attached hydrogens (tertiary/aromatic N) is 3. The van der Waals surface area contributed by atoms with Crippen molar-refractivity contribution in [3.63, 3.8) is 0 Å². The van der Waals surface area contributed by atoms with Crippen molar-refractivity contribution >= 4 is 6.02 Å². The molecule has 1 aliphatic rings. The van der Waals surface area contributed by atoms with Gasteiger partial charge in [-0.3, -0.25) is 9.63 Å². The van der Waals surface area contributed by atoms with E-state index < -0.39 is 0 Å². The third-order valence-electron chi connectivity index (χ3n) is 2.73. The van der Waals surface area contributed by atoms with E-state index in [2.05, 4.69) is 4.90 Å². The summed E-state index contributed by atoms with van der Waals surface area (Å²) in [5, 5.41) is 0. The highest BCUT2D eigenvalue weighted by Gasteiger charge is 2.27. The van der Waals surface area contributed by atoms with E-state index in [0.29, 0.717) is 0 Å². The van der Waals surface area contributed by atoms with Gasteiger partial charge in [-0.25, -0.2) is 9.48 Å². The molecule has 0 spiro atoms. The highest BCUT2D eigenvalue weighted by atomic mass is 16.7. The summed E-state index contributed by atoms with van der Waals surface area (Å²) in [6, 6.07) is 5.68. The Morgan fingerprint density at radius 2 is 2.00 bits per heavy atom. The average Bonchev–Trinajstić information content (AvgIpc) is 2.81. The predicted molar refractivity (Wildman–Crippen MR) is 65.2 cm³/mol. The molecular formula is C12H18N3O2+. The molecule has 1 aromatic rings. The van der Waals surface area contributed by atoms with Crippen molar-refractivity contribution in [3.05, 3.63) is 34.7 Å². The SMILES string of the molecule is C[N+](C)=C(On1ccccc1=O)N1CCCC1. The minimum atomic E-state index is -0.161. The zero-order valence-corrected chi connectivity index (χ0v) is 10.3. The molecular weight excluding hydrogens is 218 g/mol. The normalized spacial score (nSPS) is 14.8. The number of aromatic nitrogens is 1. The van der Waals surface area contributed by atoms with E-state index in [9.17, 15) is 4.79 Å². The lowest BCUT2D eigenvalue weighted by Gasteiger charge is -2.14. The van der Waals surface area contributed by atoms with Gasteiger partial charge >= 0.3 is 6.02 Å². The molecule has 0 saturated carbocycles. The number of pyridine rings is 1. The zero-order valence-electron chi connectivity index (χ0n) is 10.3. The summed E-state index contributed by atoms with van der Waals surface area (Å²) < 4.78 is 3.15. The second kappa shape index (κ2) is 5.03. The van der Waals surface area contributed by atoms with Crippen LogP contribution in [-0.2, 0) is 0 Å². The smallest absolute Gasteiger partial charge is 0.295 e. The first-order valence-corrected chi connectivity index (χ1v) is 5.84. The molecule has 0 aliphatic carbocycles. The maximum atomic E-state index is 11.6. The Bertz CT molecular complexity index is 469. The molecule has 1 aliphatic heterocycles. The van der Waals surface area contributed by atoms with Gasteiger partial charge in [0.05, 0.1) is 27.2 Å². The molecule has 5 heteroatoms. The standard InChI is InChI=1S/C12H18N3O2/c1-13(2)12(14-8-5-6-9-14)17-15-10-4-3-7-11(15)16/h3-4,7,10H,5-6,8-9H2,1-2H3/q+1. The van der Waals surface area contributed by atoms with E-state index in [1.54, 1.807) is 18.3 Å². The molecule has 0 amide bonds. The Labute approximate surface area is 101 Å². The van der Waals surface area contributed by atoms with Gasteiger partial charge in [0.2, 0.25) is 0 Å². The summed E-state index contributed by atoms with van der Waals surface area (Å²) in [7, 11) is 3.84. The first-order chi connectivity index (χ1) is 8.18. The maximum Gasteiger partial charge on any atom is 0.471 e. The first kappa shape index (κ1) is 11.7. The van der Waals surface area contributed by atoms with Crippen LogP contribution in [0.3, 0.4) is 0 Å². The van der Waals surface area contributed by atoms with Crippen molar-refractivity contribution in [3.8, 4) is 0 Å². The molecule has 0 bridgehead atoms. The molecule has 0 aromatic carbocycles. The van der Waals surface area contributed by atoms with Gasteiger partial charge in [0, 0.05) is 12.3 Å². The minimum absolute atomic E-state index is 0.161. The molecule has 1 aromatic heterocycles. The van der Waals surface area contributed by atoms with Crippen molar-refractivity contribution in [2.24, 2.45) is 0 Å². The van der Waals surface area contributed by atoms with Gasteiger partial charge in [0.1, 0.15) is 0 Å². The molecule has 2 rings (SSSR count). The van der Waals surface area contributed by atoms with E-state index in [-0.39, 0.29) is 5.56 Å². The topological polar surface area (TPSA) is 37.5 Å². The Kier molecular flexibility index (Phi) is 3.46. The highest BCUT2D eigenvalue weighted by molar-refractivity contribution is 5.69. The van der Waals surface area contributed by atoms with Crippen molar-refractivity contribution in [2.75, 3.05) is 27.2 Å². The molecule has 5 nitrogen and oxygen atoms in total. The van der Waals surface area contributed by atoms with E-state index >= 15 is 0 Å². The minimum Gasteiger partial charge on any atom is -0.295 e. The van der Waals surface area contributed by atoms with Gasteiger partial charge in [-0.1, -0.05) is 6.07 Å². The van der Waals surface area contributed by atoms with Crippen LogP contribution in [0.1, 0.15) is 12.8 Å². The second-order valence-electron chi connectivity index (χ2n) is 4.33. The van der Waals surface area contributed by atoms with Crippen LogP contribution in [0.25, 0.3) is 0 Å². The summed E-state index contributed by atoms with van der Waals surface area (Å²) >= 11 is 0. The molecule has 0 radical (unpaired) electrons. The third-order valence-corrected chi connectivity index (χ3v) is 2.73. The molecule has 0 N–H and O–H groups in total. The van der Waals surface area contributed by atoms with E-state index in [0.717, 1.165) is 19.1 Å². The Hall–Kier alpha value is -1.78.